The number of carbonyl (C=O) groups is 1. The molecule has 1 aromatic heterocycles. The molecule has 0 saturated heterocycles. The predicted molar refractivity (Wildman–Crippen MR) is 102 cm³/mol. The highest BCUT2D eigenvalue weighted by Crippen LogP contribution is 2.35. The lowest BCUT2D eigenvalue weighted by atomic mass is 10.1. The summed E-state index contributed by atoms with van der Waals surface area (Å²) in [6.45, 7) is 5.47. The maximum atomic E-state index is 12.4. The average Bonchev–Trinajstić information content (AvgIpc) is 2.97. The molecule has 0 N–H and O–H groups in total. The summed E-state index contributed by atoms with van der Waals surface area (Å²) in [7, 11) is 0. The number of aromatic nitrogens is 1. The highest BCUT2D eigenvalue weighted by atomic mass is 32.1. The Kier molecular flexibility index (Phi) is 4.58. The van der Waals surface area contributed by atoms with Gasteiger partial charge in [-0.2, -0.15) is 4.99 Å². The van der Waals surface area contributed by atoms with E-state index in [0.29, 0.717) is 24.6 Å². The lowest BCUT2D eigenvalue weighted by Crippen LogP contribution is -2.17. The minimum absolute atomic E-state index is 0.169. The van der Waals surface area contributed by atoms with Crippen LogP contribution in [0.3, 0.4) is 0 Å². The van der Waals surface area contributed by atoms with Gasteiger partial charge in [0.1, 0.15) is 13.2 Å². The van der Waals surface area contributed by atoms with Gasteiger partial charge >= 0.3 is 0 Å². The fraction of sp³-hybridized carbons (Fsp3) is 0.200. The normalized spacial score (nSPS) is 13.8. The van der Waals surface area contributed by atoms with Gasteiger partial charge in [0.2, 0.25) is 0 Å². The topological polar surface area (TPSA) is 52.8 Å². The van der Waals surface area contributed by atoms with Crippen LogP contribution < -0.4 is 14.3 Å². The van der Waals surface area contributed by atoms with E-state index in [-0.39, 0.29) is 12.3 Å². The van der Waals surface area contributed by atoms with Crippen molar-refractivity contribution >= 4 is 27.5 Å². The second kappa shape index (κ2) is 7.17. The van der Waals surface area contributed by atoms with Gasteiger partial charge in [0.05, 0.1) is 16.6 Å². The molecule has 6 heteroatoms. The van der Waals surface area contributed by atoms with Gasteiger partial charge in [-0.3, -0.25) is 4.79 Å². The summed E-state index contributed by atoms with van der Waals surface area (Å²) in [6.07, 6.45) is 2.08. The molecule has 1 aliphatic rings. The molecule has 0 bridgehead atoms. The second-order valence-electron chi connectivity index (χ2n) is 5.92. The third-order valence-electron chi connectivity index (χ3n) is 4.08. The summed E-state index contributed by atoms with van der Waals surface area (Å²) in [4.78, 5) is 17.4. The lowest BCUT2D eigenvalue weighted by molar-refractivity contribution is -0.117. The van der Waals surface area contributed by atoms with E-state index in [9.17, 15) is 4.79 Å². The summed E-state index contributed by atoms with van der Waals surface area (Å²) >= 11 is 1.47. The van der Waals surface area contributed by atoms with Crippen molar-refractivity contribution in [3.8, 4) is 11.5 Å². The number of carbonyl (C=O) groups excluding carboxylic acids is 1. The Morgan fingerprint density at radius 1 is 1.19 bits per heavy atom. The molecule has 0 saturated carbocycles. The second-order valence-corrected chi connectivity index (χ2v) is 6.92. The van der Waals surface area contributed by atoms with Gasteiger partial charge in [-0.1, -0.05) is 47.7 Å². The van der Waals surface area contributed by atoms with Gasteiger partial charge in [-0.05, 0) is 5.56 Å². The first-order valence-corrected chi connectivity index (χ1v) is 9.21. The highest BCUT2D eigenvalue weighted by molar-refractivity contribution is 7.16. The maximum absolute atomic E-state index is 12.4. The van der Waals surface area contributed by atoms with Crippen LogP contribution in [-0.2, 0) is 17.8 Å². The van der Waals surface area contributed by atoms with Crippen molar-refractivity contribution in [2.24, 2.45) is 4.99 Å². The number of allylic oxidation sites excluding steroid dienone is 1. The largest absolute Gasteiger partial charge is 0.486 e. The number of hydrogen-bond acceptors (Lipinski definition) is 4. The van der Waals surface area contributed by atoms with Gasteiger partial charge in [0, 0.05) is 18.7 Å². The van der Waals surface area contributed by atoms with Crippen LogP contribution in [0, 0.1) is 0 Å². The summed E-state index contributed by atoms with van der Waals surface area (Å²) < 4.78 is 14.3. The number of rotatable bonds is 4. The Balaban J connectivity index is 1.76. The van der Waals surface area contributed by atoms with Gasteiger partial charge in [0.25, 0.3) is 5.91 Å². The number of hydrogen-bond donors (Lipinski definition) is 0. The molecule has 4 rings (SSSR count). The third-order valence-corrected chi connectivity index (χ3v) is 5.12. The summed E-state index contributed by atoms with van der Waals surface area (Å²) in [5.74, 6) is 1.29. The number of thiazole rings is 1. The maximum Gasteiger partial charge on any atom is 0.252 e. The highest BCUT2D eigenvalue weighted by Gasteiger charge is 2.16. The number of amides is 1. The summed E-state index contributed by atoms with van der Waals surface area (Å²) in [6, 6.07) is 13.5. The van der Waals surface area contributed by atoms with Crippen molar-refractivity contribution in [3.63, 3.8) is 0 Å². The van der Waals surface area contributed by atoms with Crippen LogP contribution in [0.2, 0.25) is 0 Å². The molecule has 132 valence electrons. The Morgan fingerprint density at radius 2 is 1.92 bits per heavy atom. The van der Waals surface area contributed by atoms with E-state index >= 15 is 0 Å². The molecule has 1 amide bonds. The molecule has 2 aromatic carbocycles. The quantitative estimate of drug-likeness (QED) is 0.666. The SMILES string of the molecule is C=CCn1c(=NC(=O)Cc2ccccc2)sc2cc3c(cc21)OCCO3. The van der Waals surface area contributed by atoms with E-state index in [1.165, 1.54) is 11.3 Å². The Bertz CT molecular complexity index is 1030. The van der Waals surface area contributed by atoms with E-state index < -0.39 is 0 Å². The molecule has 26 heavy (non-hydrogen) atoms. The van der Waals surface area contributed by atoms with Crippen LogP contribution in [0.25, 0.3) is 10.2 Å². The molecule has 1 aliphatic heterocycles. The molecular formula is C20H18N2O3S. The number of nitrogens with zero attached hydrogens (tertiary/aromatic N) is 2. The van der Waals surface area contributed by atoms with Crippen LogP contribution in [0.15, 0.2) is 60.1 Å². The van der Waals surface area contributed by atoms with Crippen LogP contribution in [-0.4, -0.2) is 23.7 Å². The zero-order valence-electron chi connectivity index (χ0n) is 14.2. The van der Waals surface area contributed by atoms with Crippen molar-refractivity contribution in [2.75, 3.05) is 13.2 Å². The zero-order chi connectivity index (χ0) is 17.9. The van der Waals surface area contributed by atoms with Crippen LogP contribution in [0.4, 0.5) is 0 Å². The Labute approximate surface area is 154 Å². The fourth-order valence-electron chi connectivity index (χ4n) is 2.91. The minimum Gasteiger partial charge on any atom is -0.486 e. The number of ether oxygens (including phenoxy) is 2. The van der Waals surface area contributed by atoms with Gasteiger partial charge in [-0.25, -0.2) is 0 Å². The standard InChI is InChI=1S/C20H18N2O3S/c1-2-8-22-15-12-16-17(25-10-9-24-16)13-18(15)26-20(22)21-19(23)11-14-6-4-3-5-7-14/h2-7,12-13H,1,8-11H2. The van der Waals surface area contributed by atoms with E-state index in [1.807, 2.05) is 47.0 Å². The van der Waals surface area contributed by atoms with Crippen LogP contribution in [0.1, 0.15) is 5.56 Å². The first kappa shape index (κ1) is 16.6. The molecule has 0 fully saturated rings. The van der Waals surface area contributed by atoms with Gasteiger partial charge in [0.15, 0.2) is 16.3 Å². The van der Waals surface area contributed by atoms with Crippen molar-refractivity contribution < 1.29 is 14.3 Å². The minimum atomic E-state index is -0.169. The fourth-order valence-corrected chi connectivity index (χ4v) is 3.98. The van der Waals surface area contributed by atoms with Gasteiger partial charge in [-0.15, -0.1) is 6.58 Å². The van der Waals surface area contributed by atoms with Crippen molar-refractivity contribution in [2.45, 2.75) is 13.0 Å². The third kappa shape index (κ3) is 3.28. The molecule has 0 spiro atoms. The molecule has 0 atom stereocenters. The van der Waals surface area contributed by atoms with Crippen LogP contribution >= 0.6 is 11.3 Å². The average molecular weight is 366 g/mol. The smallest absolute Gasteiger partial charge is 0.252 e. The number of fused-ring (bicyclic) bond motifs is 2. The van der Waals surface area contributed by atoms with Gasteiger partial charge < -0.3 is 14.0 Å². The first-order valence-electron chi connectivity index (χ1n) is 8.40. The molecule has 2 heterocycles. The van der Waals surface area contributed by atoms with E-state index in [0.717, 1.165) is 27.3 Å². The van der Waals surface area contributed by atoms with E-state index in [4.69, 9.17) is 9.47 Å². The molecule has 3 aromatic rings. The van der Waals surface area contributed by atoms with E-state index in [1.54, 1.807) is 6.08 Å². The molecule has 0 aliphatic carbocycles. The molecular weight excluding hydrogens is 348 g/mol. The van der Waals surface area contributed by atoms with Crippen molar-refractivity contribution in [3.05, 3.63) is 65.5 Å². The monoisotopic (exact) mass is 366 g/mol. The Hall–Kier alpha value is -2.86. The Morgan fingerprint density at radius 3 is 2.65 bits per heavy atom. The number of benzene rings is 2. The van der Waals surface area contributed by atoms with E-state index in [2.05, 4.69) is 11.6 Å². The van der Waals surface area contributed by atoms with Crippen molar-refractivity contribution in [1.82, 2.24) is 4.57 Å². The molecule has 5 nitrogen and oxygen atoms in total. The van der Waals surface area contributed by atoms with Crippen LogP contribution in [0.5, 0.6) is 11.5 Å². The lowest BCUT2D eigenvalue weighted by Gasteiger charge is -2.18. The first-order chi connectivity index (χ1) is 12.7. The summed E-state index contributed by atoms with van der Waals surface area (Å²) in [5, 5.41) is 0. The van der Waals surface area contributed by atoms with Crippen molar-refractivity contribution in [1.29, 1.82) is 0 Å². The molecule has 0 radical (unpaired) electrons. The zero-order valence-corrected chi connectivity index (χ0v) is 15.0. The predicted octanol–water partition coefficient (Wildman–Crippen LogP) is 3.33. The molecule has 0 unspecified atom stereocenters. The summed E-state index contributed by atoms with van der Waals surface area (Å²) in [5.41, 5.74) is 1.92.